The summed E-state index contributed by atoms with van der Waals surface area (Å²) in [7, 11) is 0. The molecule has 1 heteroatoms. The molecule has 64 valence electrons. The fourth-order valence-electron chi connectivity index (χ4n) is 2.68. The zero-order valence-electron chi connectivity index (χ0n) is 7.36. The van der Waals surface area contributed by atoms with Crippen molar-refractivity contribution < 1.29 is 4.79 Å². The fraction of sp³-hybridized carbons (Fsp3) is 0.545. The normalized spacial score (nSPS) is 43.4. The Morgan fingerprint density at radius 1 is 1.50 bits per heavy atom. The Balaban J connectivity index is 2.23. The maximum absolute atomic E-state index is 11.5. The molecule has 0 radical (unpaired) electrons. The highest BCUT2D eigenvalue weighted by atomic mass is 16.1. The van der Waals surface area contributed by atoms with Gasteiger partial charge in [0.2, 0.25) is 0 Å². The maximum atomic E-state index is 11.5. The Labute approximate surface area is 73.2 Å². The Morgan fingerprint density at radius 2 is 2.17 bits per heavy atom. The van der Waals surface area contributed by atoms with Gasteiger partial charge in [0.1, 0.15) is 0 Å². The largest absolute Gasteiger partial charge is 0.295 e. The van der Waals surface area contributed by atoms with Crippen LogP contribution in [-0.4, -0.2) is 5.78 Å². The summed E-state index contributed by atoms with van der Waals surface area (Å²) in [6.45, 7) is 5.73. The summed E-state index contributed by atoms with van der Waals surface area (Å²) in [6, 6.07) is 0. The molecule has 0 aliphatic heterocycles. The van der Waals surface area contributed by atoms with Crippen LogP contribution < -0.4 is 0 Å². The molecule has 0 heterocycles. The van der Waals surface area contributed by atoms with E-state index in [-0.39, 0.29) is 11.7 Å². The highest BCUT2D eigenvalue weighted by Crippen LogP contribution is 2.47. The van der Waals surface area contributed by atoms with Gasteiger partial charge in [0.05, 0.1) is 0 Å². The van der Waals surface area contributed by atoms with Gasteiger partial charge in [-0.25, -0.2) is 0 Å². The van der Waals surface area contributed by atoms with Gasteiger partial charge in [-0.2, -0.15) is 0 Å². The first-order valence-electron chi connectivity index (χ1n) is 4.58. The van der Waals surface area contributed by atoms with E-state index in [0.717, 1.165) is 0 Å². The minimum absolute atomic E-state index is 0.234. The number of hydrogen-bond donors (Lipinski definition) is 0. The van der Waals surface area contributed by atoms with Crippen molar-refractivity contribution in [3.63, 3.8) is 0 Å². The summed E-state index contributed by atoms with van der Waals surface area (Å²) in [5.41, 5.74) is 0. The smallest absolute Gasteiger partial charge is 0.159 e. The lowest BCUT2D eigenvalue weighted by molar-refractivity contribution is -0.120. The molecular weight excluding hydrogens is 148 g/mol. The summed E-state index contributed by atoms with van der Waals surface area (Å²) in [5.74, 6) is 2.17. The summed E-state index contributed by atoms with van der Waals surface area (Å²) < 4.78 is 0. The maximum Gasteiger partial charge on any atom is 0.159 e. The molecule has 0 aromatic heterocycles. The van der Waals surface area contributed by atoms with Gasteiger partial charge < -0.3 is 0 Å². The lowest BCUT2D eigenvalue weighted by Gasteiger charge is -2.21. The molecule has 1 saturated carbocycles. The number of ketones is 1. The molecule has 2 bridgehead atoms. The molecule has 1 fully saturated rings. The van der Waals surface area contributed by atoms with Crippen LogP contribution in [0, 0.1) is 23.7 Å². The van der Waals surface area contributed by atoms with Crippen LogP contribution in [0.25, 0.3) is 0 Å². The van der Waals surface area contributed by atoms with Gasteiger partial charge in [0.15, 0.2) is 5.78 Å². The van der Waals surface area contributed by atoms with Gasteiger partial charge in [0.25, 0.3) is 0 Å². The standard InChI is InChI=1S/C11H14O/c1-3-10(12)11-7(2)8-4-5-9(11)6-8/h3-5,7-9,11H,1,6H2,2H3/t7-,8+,9-,11+/m1/s1. The Hall–Kier alpha value is -0.850. The summed E-state index contributed by atoms with van der Waals surface area (Å²) in [6.07, 6.45) is 7.14. The molecule has 0 unspecified atom stereocenters. The Bertz CT molecular complexity index is 252. The third kappa shape index (κ3) is 0.889. The first-order valence-corrected chi connectivity index (χ1v) is 4.58. The molecule has 2 rings (SSSR count). The van der Waals surface area contributed by atoms with Crippen LogP contribution in [0.2, 0.25) is 0 Å². The molecule has 0 saturated heterocycles. The second-order valence-electron chi connectivity index (χ2n) is 3.94. The third-order valence-corrected chi connectivity index (χ3v) is 3.38. The van der Waals surface area contributed by atoms with Crippen LogP contribution in [-0.2, 0) is 4.79 Å². The van der Waals surface area contributed by atoms with E-state index in [1.165, 1.54) is 12.5 Å². The molecule has 4 atom stereocenters. The van der Waals surface area contributed by atoms with Crippen molar-refractivity contribution in [1.29, 1.82) is 0 Å². The first kappa shape index (κ1) is 7.78. The molecule has 0 spiro atoms. The average Bonchev–Trinajstić information content (AvgIpc) is 2.63. The minimum atomic E-state index is 0.234. The molecule has 0 aromatic carbocycles. The lowest BCUT2D eigenvalue weighted by atomic mass is 9.81. The van der Waals surface area contributed by atoms with E-state index in [0.29, 0.717) is 17.8 Å². The van der Waals surface area contributed by atoms with Gasteiger partial charge in [0, 0.05) is 5.92 Å². The SMILES string of the molecule is C=CC(=O)[C@H]1[C@H](C)[C@H]2C=C[C@@H]1C2. The molecular formula is C11H14O. The summed E-state index contributed by atoms with van der Waals surface area (Å²) >= 11 is 0. The van der Waals surface area contributed by atoms with Crippen LogP contribution in [0.15, 0.2) is 24.8 Å². The Kier molecular flexibility index (Phi) is 1.67. The van der Waals surface area contributed by atoms with Crippen LogP contribution in [0.1, 0.15) is 13.3 Å². The zero-order chi connectivity index (χ0) is 8.72. The predicted molar refractivity (Wildman–Crippen MR) is 48.6 cm³/mol. The van der Waals surface area contributed by atoms with Crippen molar-refractivity contribution >= 4 is 5.78 Å². The van der Waals surface area contributed by atoms with Gasteiger partial charge in [-0.3, -0.25) is 4.79 Å². The second-order valence-corrected chi connectivity index (χ2v) is 3.94. The number of allylic oxidation sites excluding steroid dienone is 3. The van der Waals surface area contributed by atoms with E-state index in [4.69, 9.17) is 0 Å². The van der Waals surface area contributed by atoms with Crippen LogP contribution in [0.4, 0.5) is 0 Å². The van der Waals surface area contributed by atoms with Crippen LogP contribution in [0.3, 0.4) is 0 Å². The van der Waals surface area contributed by atoms with Gasteiger partial charge in [-0.1, -0.05) is 25.7 Å². The molecule has 0 N–H and O–H groups in total. The lowest BCUT2D eigenvalue weighted by Crippen LogP contribution is -2.24. The van der Waals surface area contributed by atoms with E-state index in [1.807, 2.05) is 0 Å². The molecule has 1 nitrogen and oxygen atoms in total. The highest BCUT2D eigenvalue weighted by molar-refractivity contribution is 5.92. The molecule has 2 aliphatic rings. The fourth-order valence-corrected chi connectivity index (χ4v) is 2.68. The molecule has 12 heavy (non-hydrogen) atoms. The zero-order valence-corrected chi connectivity index (χ0v) is 7.36. The average molecular weight is 162 g/mol. The van der Waals surface area contributed by atoms with Crippen molar-refractivity contribution in [3.05, 3.63) is 24.8 Å². The Morgan fingerprint density at radius 3 is 2.67 bits per heavy atom. The van der Waals surface area contributed by atoms with Crippen molar-refractivity contribution in [2.24, 2.45) is 23.7 Å². The second kappa shape index (κ2) is 2.58. The summed E-state index contributed by atoms with van der Waals surface area (Å²) in [5, 5.41) is 0. The van der Waals surface area contributed by atoms with Gasteiger partial charge in [-0.15, -0.1) is 0 Å². The third-order valence-electron chi connectivity index (χ3n) is 3.38. The van der Waals surface area contributed by atoms with Crippen molar-refractivity contribution in [1.82, 2.24) is 0 Å². The molecule has 0 aromatic rings. The monoisotopic (exact) mass is 162 g/mol. The number of fused-ring (bicyclic) bond motifs is 2. The van der Waals surface area contributed by atoms with Crippen LogP contribution in [0.5, 0.6) is 0 Å². The first-order chi connectivity index (χ1) is 5.74. The van der Waals surface area contributed by atoms with Crippen LogP contribution >= 0.6 is 0 Å². The number of carbonyl (C=O) groups excluding carboxylic acids is 1. The molecule has 2 aliphatic carbocycles. The van der Waals surface area contributed by atoms with Gasteiger partial charge >= 0.3 is 0 Å². The topological polar surface area (TPSA) is 17.1 Å². The number of rotatable bonds is 2. The van der Waals surface area contributed by atoms with Crippen molar-refractivity contribution in [2.45, 2.75) is 13.3 Å². The minimum Gasteiger partial charge on any atom is -0.295 e. The van der Waals surface area contributed by atoms with Crippen molar-refractivity contribution in [2.75, 3.05) is 0 Å². The van der Waals surface area contributed by atoms with E-state index in [9.17, 15) is 4.79 Å². The van der Waals surface area contributed by atoms with E-state index in [1.54, 1.807) is 0 Å². The van der Waals surface area contributed by atoms with Gasteiger partial charge in [-0.05, 0) is 30.3 Å². The number of hydrogen-bond acceptors (Lipinski definition) is 1. The van der Waals surface area contributed by atoms with E-state index < -0.39 is 0 Å². The van der Waals surface area contributed by atoms with E-state index >= 15 is 0 Å². The van der Waals surface area contributed by atoms with Crippen molar-refractivity contribution in [3.8, 4) is 0 Å². The quantitative estimate of drug-likeness (QED) is 0.449. The highest BCUT2D eigenvalue weighted by Gasteiger charge is 2.44. The number of carbonyl (C=O) groups is 1. The predicted octanol–water partition coefficient (Wildman–Crippen LogP) is 2.20. The van der Waals surface area contributed by atoms with E-state index in [2.05, 4.69) is 25.7 Å². The molecule has 0 amide bonds. The summed E-state index contributed by atoms with van der Waals surface area (Å²) in [4.78, 5) is 11.5.